The zero-order valence-corrected chi connectivity index (χ0v) is 12.1. The van der Waals surface area contributed by atoms with E-state index in [2.05, 4.69) is 22.9 Å². The molecule has 0 aliphatic carbocycles. The van der Waals surface area contributed by atoms with E-state index >= 15 is 0 Å². The Kier molecular flexibility index (Phi) is 5.24. The van der Waals surface area contributed by atoms with Crippen LogP contribution in [0.15, 0.2) is 24.3 Å². The first-order valence-electron chi connectivity index (χ1n) is 7.09. The number of piperidine rings is 1. The summed E-state index contributed by atoms with van der Waals surface area (Å²) in [6.45, 7) is 4.99. The first-order valence-corrected chi connectivity index (χ1v) is 7.09. The number of anilines is 1. The Morgan fingerprint density at radius 2 is 2.25 bits per heavy atom. The SMILES string of the molecule is COc1ccccc1NC(=O)NCC1CCNCC1C. The number of ether oxygens (including phenoxy) is 1. The van der Waals surface area contributed by atoms with Crippen molar-refractivity contribution in [3.05, 3.63) is 24.3 Å². The van der Waals surface area contributed by atoms with E-state index in [0.29, 0.717) is 29.8 Å². The number of benzene rings is 1. The van der Waals surface area contributed by atoms with Gasteiger partial charge in [-0.2, -0.15) is 0 Å². The van der Waals surface area contributed by atoms with Crippen LogP contribution in [-0.2, 0) is 0 Å². The molecule has 1 aromatic carbocycles. The molecule has 0 bridgehead atoms. The molecule has 1 heterocycles. The van der Waals surface area contributed by atoms with Gasteiger partial charge in [0, 0.05) is 6.54 Å². The van der Waals surface area contributed by atoms with Crippen LogP contribution in [0.3, 0.4) is 0 Å². The molecule has 110 valence electrons. The summed E-state index contributed by atoms with van der Waals surface area (Å²) in [6, 6.07) is 7.21. The van der Waals surface area contributed by atoms with Gasteiger partial charge in [0.2, 0.25) is 0 Å². The molecule has 2 rings (SSSR count). The second-order valence-electron chi connectivity index (χ2n) is 5.27. The Bertz CT molecular complexity index is 450. The van der Waals surface area contributed by atoms with Crippen molar-refractivity contribution in [1.29, 1.82) is 0 Å². The topological polar surface area (TPSA) is 62.4 Å². The number of carbonyl (C=O) groups is 1. The number of amides is 2. The van der Waals surface area contributed by atoms with Gasteiger partial charge < -0.3 is 20.7 Å². The normalized spacial score (nSPS) is 22.1. The van der Waals surface area contributed by atoms with Crippen LogP contribution < -0.4 is 20.7 Å². The van der Waals surface area contributed by atoms with Crippen molar-refractivity contribution in [2.75, 3.05) is 32.1 Å². The van der Waals surface area contributed by atoms with Gasteiger partial charge in [0.25, 0.3) is 0 Å². The number of hydrogen-bond donors (Lipinski definition) is 3. The lowest BCUT2D eigenvalue weighted by Gasteiger charge is -2.29. The summed E-state index contributed by atoms with van der Waals surface area (Å²) in [5.41, 5.74) is 0.686. The molecule has 0 spiro atoms. The molecule has 1 aliphatic heterocycles. The van der Waals surface area contributed by atoms with Gasteiger partial charge >= 0.3 is 6.03 Å². The predicted molar refractivity (Wildman–Crippen MR) is 80.2 cm³/mol. The van der Waals surface area contributed by atoms with Crippen molar-refractivity contribution in [3.8, 4) is 5.75 Å². The van der Waals surface area contributed by atoms with E-state index in [1.165, 1.54) is 0 Å². The number of para-hydroxylation sites is 2. The van der Waals surface area contributed by atoms with E-state index in [1.807, 2.05) is 24.3 Å². The first kappa shape index (κ1) is 14.7. The summed E-state index contributed by atoms with van der Waals surface area (Å²) in [6.07, 6.45) is 1.11. The third kappa shape index (κ3) is 3.87. The van der Waals surface area contributed by atoms with Crippen molar-refractivity contribution >= 4 is 11.7 Å². The average molecular weight is 277 g/mol. The summed E-state index contributed by atoms with van der Waals surface area (Å²) in [7, 11) is 1.59. The van der Waals surface area contributed by atoms with Gasteiger partial charge in [-0.15, -0.1) is 0 Å². The molecule has 0 saturated carbocycles. The van der Waals surface area contributed by atoms with E-state index < -0.39 is 0 Å². The first-order chi connectivity index (χ1) is 9.70. The smallest absolute Gasteiger partial charge is 0.319 e. The summed E-state index contributed by atoms with van der Waals surface area (Å²) < 4.78 is 5.21. The molecule has 1 aliphatic rings. The highest BCUT2D eigenvalue weighted by molar-refractivity contribution is 5.90. The number of urea groups is 1. The third-order valence-corrected chi connectivity index (χ3v) is 3.84. The number of methoxy groups -OCH3 is 1. The Balaban J connectivity index is 1.83. The Morgan fingerprint density at radius 3 is 3.00 bits per heavy atom. The number of nitrogens with one attached hydrogen (secondary N) is 3. The largest absolute Gasteiger partial charge is 0.495 e. The van der Waals surface area contributed by atoms with Gasteiger partial charge in [0.15, 0.2) is 0 Å². The van der Waals surface area contributed by atoms with Crippen molar-refractivity contribution in [3.63, 3.8) is 0 Å². The minimum atomic E-state index is -0.180. The fourth-order valence-corrected chi connectivity index (χ4v) is 2.51. The highest BCUT2D eigenvalue weighted by atomic mass is 16.5. The average Bonchev–Trinajstić information content (AvgIpc) is 2.47. The molecule has 1 aromatic rings. The summed E-state index contributed by atoms with van der Waals surface area (Å²) in [4.78, 5) is 11.9. The third-order valence-electron chi connectivity index (χ3n) is 3.84. The van der Waals surface area contributed by atoms with Crippen LogP contribution in [-0.4, -0.2) is 32.8 Å². The summed E-state index contributed by atoms with van der Waals surface area (Å²) >= 11 is 0. The van der Waals surface area contributed by atoms with Gasteiger partial charge in [-0.05, 0) is 43.5 Å². The molecule has 5 nitrogen and oxygen atoms in total. The minimum Gasteiger partial charge on any atom is -0.495 e. The summed E-state index contributed by atoms with van der Waals surface area (Å²) in [5, 5.41) is 9.14. The van der Waals surface area contributed by atoms with E-state index in [4.69, 9.17) is 4.74 Å². The van der Waals surface area contributed by atoms with Crippen LogP contribution in [0.4, 0.5) is 10.5 Å². The number of carbonyl (C=O) groups excluding carboxylic acids is 1. The molecule has 20 heavy (non-hydrogen) atoms. The Hall–Kier alpha value is -1.75. The molecule has 2 unspecified atom stereocenters. The van der Waals surface area contributed by atoms with Crippen molar-refractivity contribution in [2.24, 2.45) is 11.8 Å². The van der Waals surface area contributed by atoms with Crippen LogP contribution in [0.1, 0.15) is 13.3 Å². The zero-order chi connectivity index (χ0) is 14.4. The predicted octanol–water partition coefficient (Wildman–Crippen LogP) is 2.06. The molecule has 2 atom stereocenters. The van der Waals surface area contributed by atoms with Crippen LogP contribution in [0.5, 0.6) is 5.75 Å². The fourth-order valence-electron chi connectivity index (χ4n) is 2.51. The van der Waals surface area contributed by atoms with Crippen molar-refractivity contribution in [2.45, 2.75) is 13.3 Å². The van der Waals surface area contributed by atoms with Gasteiger partial charge in [-0.25, -0.2) is 4.79 Å². The maximum atomic E-state index is 11.9. The Morgan fingerprint density at radius 1 is 1.45 bits per heavy atom. The van der Waals surface area contributed by atoms with Crippen LogP contribution >= 0.6 is 0 Å². The second kappa shape index (κ2) is 7.14. The molecule has 0 radical (unpaired) electrons. The van der Waals surface area contributed by atoms with E-state index in [-0.39, 0.29) is 6.03 Å². The van der Waals surface area contributed by atoms with Crippen LogP contribution in [0, 0.1) is 11.8 Å². The molecule has 1 fully saturated rings. The quantitative estimate of drug-likeness (QED) is 0.789. The van der Waals surface area contributed by atoms with Gasteiger partial charge in [0.05, 0.1) is 12.8 Å². The molecule has 0 aromatic heterocycles. The molecule has 3 N–H and O–H groups in total. The molecule has 1 saturated heterocycles. The molecule has 5 heteroatoms. The monoisotopic (exact) mass is 277 g/mol. The minimum absolute atomic E-state index is 0.180. The van der Waals surface area contributed by atoms with E-state index in [0.717, 1.165) is 19.5 Å². The molecular weight excluding hydrogens is 254 g/mol. The Labute approximate surface area is 120 Å². The van der Waals surface area contributed by atoms with E-state index in [9.17, 15) is 4.79 Å². The lowest BCUT2D eigenvalue weighted by Crippen LogP contribution is -2.42. The fraction of sp³-hybridized carbons (Fsp3) is 0.533. The van der Waals surface area contributed by atoms with Crippen LogP contribution in [0.25, 0.3) is 0 Å². The second-order valence-corrected chi connectivity index (χ2v) is 5.27. The zero-order valence-electron chi connectivity index (χ0n) is 12.1. The molecule has 2 amide bonds. The number of hydrogen-bond acceptors (Lipinski definition) is 3. The highest BCUT2D eigenvalue weighted by Crippen LogP contribution is 2.23. The maximum Gasteiger partial charge on any atom is 0.319 e. The standard InChI is InChI=1S/C15H23N3O2/c1-11-9-16-8-7-12(11)10-17-15(19)18-13-5-3-4-6-14(13)20-2/h3-6,11-12,16H,7-10H2,1-2H3,(H2,17,18,19). The van der Waals surface area contributed by atoms with Gasteiger partial charge in [-0.1, -0.05) is 19.1 Å². The van der Waals surface area contributed by atoms with Crippen molar-refractivity contribution in [1.82, 2.24) is 10.6 Å². The van der Waals surface area contributed by atoms with Crippen molar-refractivity contribution < 1.29 is 9.53 Å². The lowest BCUT2D eigenvalue weighted by molar-refractivity contribution is 0.237. The highest BCUT2D eigenvalue weighted by Gasteiger charge is 2.21. The maximum absolute atomic E-state index is 11.9. The number of rotatable bonds is 4. The van der Waals surface area contributed by atoms with Crippen LogP contribution in [0.2, 0.25) is 0 Å². The molecular formula is C15H23N3O2. The van der Waals surface area contributed by atoms with E-state index in [1.54, 1.807) is 7.11 Å². The lowest BCUT2D eigenvalue weighted by atomic mass is 9.88. The van der Waals surface area contributed by atoms with Gasteiger partial charge in [-0.3, -0.25) is 0 Å². The van der Waals surface area contributed by atoms with Gasteiger partial charge in [0.1, 0.15) is 5.75 Å². The summed E-state index contributed by atoms with van der Waals surface area (Å²) in [5.74, 6) is 1.80.